The number of nitrogens with zero attached hydrogens (tertiary/aromatic N) is 1. The topological polar surface area (TPSA) is 59.1 Å². The van der Waals surface area contributed by atoms with Gasteiger partial charge in [0.05, 0.1) is 16.0 Å². The minimum atomic E-state index is -3.05. The molecule has 6 heteroatoms. The van der Waals surface area contributed by atoms with E-state index in [-0.39, 0.29) is 6.04 Å². The van der Waals surface area contributed by atoms with Gasteiger partial charge in [0.2, 0.25) is 0 Å². The Morgan fingerprint density at radius 1 is 1.56 bits per heavy atom. The van der Waals surface area contributed by atoms with Crippen LogP contribution in [0.15, 0.2) is 10.9 Å². The Kier molecular flexibility index (Phi) is 4.09. The Bertz CT molecular complexity index is 424. The largest absolute Gasteiger partial charge is 0.307 e. The molecule has 1 aromatic rings. The van der Waals surface area contributed by atoms with Crippen molar-refractivity contribution >= 4 is 21.2 Å². The van der Waals surface area contributed by atoms with E-state index in [2.05, 4.69) is 10.3 Å². The summed E-state index contributed by atoms with van der Waals surface area (Å²) < 4.78 is 22.2. The van der Waals surface area contributed by atoms with E-state index < -0.39 is 14.6 Å². The fourth-order valence-electron chi connectivity index (χ4n) is 1.07. The van der Waals surface area contributed by atoms with Crippen LogP contribution in [0.2, 0.25) is 0 Å². The lowest BCUT2D eigenvalue weighted by Gasteiger charge is -2.24. The van der Waals surface area contributed by atoms with Crippen LogP contribution in [-0.2, 0) is 9.84 Å². The molecule has 0 aliphatic rings. The van der Waals surface area contributed by atoms with Crippen molar-refractivity contribution in [3.8, 4) is 0 Å². The smallest absolute Gasteiger partial charge is 0.153 e. The summed E-state index contributed by atoms with van der Waals surface area (Å²) in [4.78, 5) is 4.19. The first kappa shape index (κ1) is 13.6. The number of aromatic nitrogens is 1. The van der Waals surface area contributed by atoms with Crippen molar-refractivity contribution in [3.63, 3.8) is 0 Å². The van der Waals surface area contributed by atoms with Crippen molar-refractivity contribution in [3.05, 3.63) is 16.6 Å². The van der Waals surface area contributed by atoms with Crippen LogP contribution >= 0.6 is 11.3 Å². The lowest BCUT2D eigenvalue weighted by atomic mass is 10.2. The van der Waals surface area contributed by atoms with E-state index in [0.29, 0.717) is 6.54 Å². The third-order valence-electron chi connectivity index (χ3n) is 2.73. The summed E-state index contributed by atoms with van der Waals surface area (Å²) in [7, 11) is -3.05. The van der Waals surface area contributed by atoms with Gasteiger partial charge in [0.25, 0.3) is 0 Å². The Balaban J connectivity index is 2.59. The minimum absolute atomic E-state index is 0.0762. The lowest BCUT2D eigenvalue weighted by Crippen LogP contribution is -2.42. The lowest BCUT2D eigenvalue weighted by molar-refractivity contribution is 0.485. The Labute approximate surface area is 101 Å². The SMILES string of the molecule is CC(NCC(C)(C)S(C)(=O)=O)c1cscn1. The predicted octanol–water partition coefficient (Wildman–Crippen LogP) is 1.62. The Morgan fingerprint density at radius 3 is 2.62 bits per heavy atom. The van der Waals surface area contributed by atoms with Crippen LogP contribution in [0.1, 0.15) is 32.5 Å². The highest BCUT2D eigenvalue weighted by atomic mass is 32.2. The summed E-state index contributed by atoms with van der Waals surface area (Å²) >= 11 is 1.54. The molecular weight excluding hydrogens is 244 g/mol. The molecule has 1 heterocycles. The molecule has 0 saturated heterocycles. The number of rotatable bonds is 5. The monoisotopic (exact) mass is 262 g/mol. The van der Waals surface area contributed by atoms with Gasteiger partial charge in [0.15, 0.2) is 9.84 Å². The highest BCUT2D eigenvalue weighted by molar-refractivity contribution is 7.92. The van der Waals surface area contributed by atoms with E-state index in [0.717, 1.165) is 5.69 Å². The molecular formula is C10H18N2O2S2. The zero-order valence-corrected chi connectivity index (χ0v) is 11.7. The van der Waals surface area contributed by atoms with Gasteiger partial charge in [-0.1, -0.05) is 0 Å². The molecule has 1 N–H and O–H groups in total. The fraction of sp³-hybridized carbons (Fsp3) is 0.700. The van der Waals surface area contributed by atoms with Crippen molar-refractivity contribution in [2.75, 3.05) is 12.8 Å². The van der Waals surface area contributed by atoms with Crippen LogP contribution in [0.5, 0.6) is 0 Å². The molecule has 1 atom stereocenters. The predicted molar refractivity (Wildman–Crippen MR) is 67.5 cm³/mol. The fourth-order valence-corrected chi connectivity index (χ4v) is 2.06. The molecule has 16 heavy (non-hydrogen) atoms. The number of hydrogen-bond acceptors (Lipinski definition) is 5. The molecule has 1 rings (SSSR count). The van der Waals surface area contributed by atoms with Crippen LogP contribution in [0.25, 0.3) is 0 Å². The molecule has 0 aliphatic carbocycles. The number of hydrogen-bond donors (Lipinski definition) is 1. The zero-order chi connectivity index (χ0) is 12.4. The van der Waals surface area contributed by atoms with Gasteiger partial charge in [-0.3, -0.25) is 0 Å². The van der Waals surface area contributed by atoms with Crippen molar-refractivity contribution < 1.29 is 8.42 Å². The maximum Gasteiger partial charge on any atom is 0.153 e. The number of thiazole rings is 1. The highest BCUT2D eigenvalue weighted by Crippen LogP contribution is 2.17. The average molecular weight is 262 g/mol. The van der Waals surface area contributed by atoms with Crippen LogP contribution in [0, 0.1) is 0 Å². The first-order chi connectivity index (χ1) is 7.24. The summed E-state index contributed by atoms with van der Waals surface area (Å²) in [5.74, 6) is 0. The maximum absolute atomic E-state index is 11.5. The van der Waals surface area contributed by atoms with Crippen LogP contribution in [0.4, 0.5) is 0 Å². The van der Waals surface area contributed by atoms with E-state index in [9.17, 15) is 8.42 Å². The van der Waals surface area contributed by atoms with E-state index in [4.69, 9.17) is 0 Å². The van der Waals surface area contributed by atoms with Gasteiger partial charge in [-0.05, 0) is 20.8 Å². The van der Waals surface area contributed by atoms with Crippen LogP contribution < -0.4 is 5.32 Å². The van der Waals surface area contributed by atoms with E-state index in [1.54, 1.807) is 19.4 Å². The molecule has 4 nitrogen and oxygen atoms in total. The summed E-state index contributed by atoms with van der Waals surface area (Å²) in [5.41, 5.74) is 2.73. The van der Waals surface area contributed by atoms with Crippen LogP contribution in [0.3, 0.4) is 0 Å². The molecule has 0 bridgehead atoms. The molecule has 0 aromatic carbocycles. The maximum atomic E-state index is 11.5. The highest BCUT2D eigenvalue weighted by Gasteiger charge is 2.30. The summed E-state index contributed by atoms with van der Waals surface area (Å²) in [6.07, 6.45) is 1.27. The summed E-state index contributed by atoms with van der Waals surface area (Å²) in [6.45, 7) is 5.85. The quantitative estimate of drug-likeness (QED) is 0.876. The minimum Gasteiger partial charge on any atom is -0.307 e. The van der Waals surface area contributed by atoms with Crippen molar-refractivity contribution in [1.82, 2.24) is 10.3 Å². The third kappa shape index (κ3) is 3.26. The molecule has 0 aliphatic heterocycles. The van der Waals surface area contributed by atoms with Gasteiger partial charge >= 0.3 is 0 Å². The summed E-state index contributed by atoms with van der Waals surface area (Å²) in [6, 6.07) is 0.0762. The second-order valence-corrected chi connectivity index (χ2v) is 7.92. The van der Waals surface area contributed by atoms with Crippen LogP contribution in [-0.4, -0.2) is 30.9 Å². The standard InChI is InChI=1S/C10H18N2O2S2/c1-8(9-5-15-7-12-9)11-6-10(2,3)16(4,13)14/h5,7-8,11H,6H2,1-4H3. The van der Waals surface area contributed by atoms with Gasteiger partial charge in [-0.15, -0.1) is 11.3 Å². The normalized spacial score (nSPS) is 15.0. The number of sulfone groups is 1. The Morgan fingerprint density at radius 2 is 2.19 bits per heavy atom. The van der Waals surface area contributed by atoms with Gasteiger partial charge < -0.3 is 5.32 Å². The van der Waals surface area contributed by atoms with Gasteiger partial charge in [0.1, 0.15) is 0 Å². The molecule has 0 spiro atoms. The second kappa shape index (κ2) is 4.81. The molecule has 0 saturated carbocycles. The molecule has 1 aromatic heterocycles. The van der Waals surface area contributed by atoms with E-state index in [1.807, 2.05) is 12.3 Å². The van der Waals surface area contributed by atoms with Crippen molar-refractivity contribution in [2.45, 2.75) is 31.6 Å². The van der Waals surface area contributed by atoms with Gasteiger partial charge in [0, 0.05) is 24.2 Å². The summed E-state index contributed by atoms with van der Waals surface area (Å²) in [5, 5.41) is 5.16. The van der Waals surface area contributed by atoms with Crippen molar-refractivity contribution in [1.29, 1.82) is 0 Å². The molecule has 92 valence electrons. The van der Waals surface area contributed by atoms with Gasteiger partial charge in [-0.25, -0.2) is 13.4 Å². The second-order valence-electron chi connectivity index (χ2n) is 4.55. The van der Waals surface area contributed by atoms with Crippen molar-refractivity contribution in [2.24, 2.45) is 0 Å². The van der Waals surface area contributed by atoms with E-state index in [1.165, 1.54) is 17.6 Å². The molecule has 0 amide bonds. The average Bonchev–Trinajstić information content (AvgIpc) is 2.65. The third-order valence-corrected chi connectivity index (χ3v) is 5.49. The Hall–Kier alpha value is -0.460. The first-order valence-corrected chi connectivity index (χ1v) is 7.88. The first-order valence-electron chi connectivity index (χ1n) is 5.05. The molecule has 0 fully saturated rings. The number of nitrogens with one attached hydrogen (secondary N) is 1. The zero-order valence-electron chi connectivity index (χ0n) is 10.0. The molecule has 0 radical (unpaired) electrons. The van der Waals surface area contributed by atoms with E-state index >= 15 is 0 Å². The van der Waals surface area contributed by atoms with Gasteiger partial charge in [-0.2, -0.15) is 0 Å². The molecule has 1 unspecified atom stereocenters.